The molecule has 0 N–H and O–H groups in total. The van der Waals surface area contributed by atoms with Crippen molar-refractivity contribution >= 4 is 38.9 Å². The molecule has 0 spiro atoms. The van der Waals surface area contributed by atoms with E-state index in [0.717, 1.165) is 49.6 Å². The third-order valence-electron chi connectivity index (χ3n) is 4.93. The number of rotatable bonds is 6. The molecule has 1 aliphatic heterocycles. The first kappa shape index (κ1) is 19.4. The van der Waals surface area contributed by atoms with E-state index in [1.165, 1.54) is 30.2 Å². The minimum atomic E-state index is -0.168. The van der Waals surface area contributed by atoms with Gasteiger partial charge in [0, 0.05) is 49.4 Å². The number of fused-ring (bicyclic) bond motifs is 1. The van der Waals surface area contributed by atoms with Gasteiger partial charge in [0.1, 0.15) is 9.98 Å². The summed E-state index contributed by atoms with van der Waals surface area (Å²) >= 11 is 7.64. The number of hydrogen-bond acceptors (Lipinski definition) is 6. The lowest BCUT2D eigenvalue weighted by Crippen LogP contribution is -2.38. The number of nitrogens with zero attached hydrogens (tertiary/aromatic N) is 3. The highest BCUT2D eigenvalue weighted by Gasteiger charge is 2.20. The van der Waals surface area contributed by atoms with Crippen LogP contribution in [0.15, 0.2) is 18.2 Å². The number of halogens is 1. The molecule has 6 nitrogen and oxygen atoms in total. The molecule has 3 aromatic rings. The van der Waals surface area contributed by atoms with Crippen molar-refractivity contribution in [2.45, 2.75) is 13.5 Å². The van der Waals surface area contributed by atoms with E-state index in [2.05, 4.69) is 33.5 Å². The normalized spacial score (nSPS) is 15.2. The molecule has 147 valence electrons. The van der Waals surface area contributed by atoms with Crippen LogP contribution in [0.1, 0.15) is 20.9 Å². The highest BCUT2D eigenvalue weighted by molar-refractivity contribution is 7.20. The van der Waals surface area contributed by atoms with Crippen molar-refractivity contribution in [3.8, 4) is 5.88 Å². The fraction of sp³-hybridized carbons (Fsp3) is 0.400. The number of aromatic nitrogens is 2. The molecule has 1 saturated heterocycles. The predicted octanol–water partition coefficient (Wildman–Crippen LogP) is 3.43. The molecule has 0 amide bonds. The summed E-state index contributed by atoms with van der Waals surface area (Å²) in [6.45, 7) is 7.49. The minimum absolute atomic E-state index is 0.105. The number of hydrogen-bond donors (Lipinski definition) is 0. The van der Waals surface area contributed by atoms with Gasteiger partial charge in [0.2, 0.25) is 11.7 Å². The molecule has 1 radical (unpaired) electrons. The molecule has 1 aliphatic rings. The van der Waals surface area contributed by atoms with E-state index in [4.69, 9.17) is 21.1 Å². The van der Waals surface area contributed by atoms with Crippen molar-refractivity contribution in [3.63, 3.8) is 0 Å². The smallest absolute Gasteiger partial charge is 0.215 e. The average molecular weight is 419 g/mol. The maximum atomic E-state index is 12.9. The van der Waals surface area contributed by atoms with Gasteiger partial charge in [-0.3, -0.25) is 9.69 Å². The van der Waals surface area contributed by atoms with Crippen LogP contribution in [-0.2, 0) is 11.3 Å². The monoisotopic (exact) mass is 418 g/mol. The maximum Gasteiger partial charge on any atom is 0.215 e. The van der Waals surface area contributed by atoms with Crippen LogP contribution in [0, 0.1) is 13.0 Å². The lowest BCUT2D eigenvalue weighted by molar-refractivity contribution is 0.0365. The number of aryl methyl sites for hydroxylation is 1. The van der Waals surface area contributed by atoms with Crippen LogP contribution < -0.4 is 4.74 Å². The lowest BCUT2D eigenvalue weighted by Gasteiger charge is -2.26. The summed E-state index contributed by atoms with van der Waals surface area (Å²) in [5.74, 6) is 0.168. The minimum Gasteiger partial charge on any atom is -0.481 e. The maximum absolute atomic E-state index is 12.9. The quantitative estimate of drug-likeness (QED) is 0.453. The molecule has 4 heterocycles. The number of morpholine rings is 1. The van der Waals surface area contributed by atoms with Crippen molar-refractivity contribution in [1.82, 2.24) is 14.5 Å². The Morgan fingerprint density at radius 1 is 1.36 bits per heavy atom. The summed E-state index contributed by atoms with van der Waals surface area (Å²) in [6.07, 6.45) is 0. The number of methoxy groups -OCH3 is 1. The Morgan fingerprint density at radius 3 is 2.86 bits per heavy atom. The highest BCUT2D eigenvalue weighted by atomic mass is 35.5. The van der Waals surface area contributed by atoms with E-state index < -0.39 is 0 Å². The fourth-order valence-electron chi connectivity index (χ4n) is 3.39. The zero-order chi connectivity index (χ0) is 19.7. The summed E-state index contributed by atoms with van der Waals surface area (Å²) in [4.78, 5) is 21.1. The van der Waals surface area contributed by atoms with Gasteiger partial charge in [-0.2, -0.15) is 0 Å². The van der Waals surface area contributed by atoms with Gasteiger partial charge in [-0.15, -0.1) is 11.3 Å². The zero-order valence-corrected chi connectivity index (χ0v) is 17.4. The number of pyridine rings is 1. The van der Waals surface area contributed by atoms with E-state index in [0.29, 0.717) is 10.8 Å². The van der Waals surface area contributed by atoms with Crippen molar-refractivity contribution in [2.24, 2.45) is 0 Å². The number of ether oxygens (including phenoxy) is 2. The van der Waals surface area contributed by atoms with E-state index >= 15 is 0 Å². The van der Waals surface area contributed by atoms with Gasteiger partial charge in [0.05, 0.1) is 30.8 Å². The number of thiophene rings is 1. The van der Waals surface area contributed by atoms with Crippen molar-refractivity contribution in [1.29, 1.82) is 0 Å². The van der Waals surface area contributed by atoms with Gasteiger partial charge in [-0.1, -0.05) is 11.6 Å². The van der Waals surface area contributed by atoms with Crippen LogP contribution in [-0.4, -0.2) is 60.2 Å². The lowest BCUT2D eigenvalue weighted by atomic mass is 10.1. The molecule has 4 rings (SSSR count). The van der Waals surface area contributed by atoms with Crippen LogP contribution in [0.4, 0.5) is 0 Å². The number of carbonyl (C=O) groups excluding carboxylic acids is 1. The molecule has 3 aromatic heterocycles. The topological polar surface area (TPSA) is 56.6 Å². The molecular weight excluding hydrogens is 398 g/mol. The van der Waals surface area contributed by atoms with Crippen LogP contribution in [0.3, 0.4) is 0 Å². The molecule has 0 aliphatic carbocycles. The molecule has 0 bridgehead atoms. The Kier molecular flexibility index (Phi) is 5.68. The SMILES string of the molecule is COc1c[c]c(C(=O)c2cc3cc(C)n(CCN4CCOCC4)c3s2)c(Cl)n1. The fourth-order valence-corrected chi connectivity index (χ4v) is 4.79. The van der Waals surface area contributed by atoms with Gasteiger partial charge in [-0.05, 0) is 19.1 Å². The Balaban J connectivity index is 1.57. The first-order valence-corrected chi connectivity index (χ1v) is 10.3. The predicted molar refractivity (Wildman–Crippen MR) is 110 cm³/mol. The average Bonchev–Trinajstić information content (AvgIpc) is 3.23. The van der Waals surface area contributed by atoms with Crippen molar-refractivity contribution in [3.05, 3.63) is 45.6 Å². The second-order valence-electron chi connectivity index (χ2n) is 6.70. The van der Waals surface area contributed by atoms with Crippen LogP contribution >= 0.6 is 22.9 Å². The second-order valence-corrected chi connectivity index (χ2v) is 8.09. The van der Waals surface area contributed by atoms with Gasteiger partial charge in [-0.25, -0.2) is 4.98 Å². The third kappa shape index (κ3) is 3.80. The molecule has 28 heavy (non-hydrogen) atoms. The molecule has 1 fully saturated rings. The summed E-state index contributed by atoms with van der Waals surface area (Å²) in [5, 5.41) is 1.18. The summed E-state index contributed by atoms with van der Waals surface area (Å²) in [5.41, 5.74) is 1.46. The third-order valence-corrected chi connectivity index (χ3v) is 6.38. The number of carbonyl (C=O) groups is 1. The van der Waals surface area contributed by atoms with E-state index in [9.17, 15) is 4.79 Å². The first-order chi connectivity index (χ1) is 13.6. The van der Waals surface area contributed by atoms with Crippen LogP contribution in [0.5, 0.6) is 5.88 Å². The Bertz CT molecular complexity index is 1010. The molecule has 0 saturated carbocycles. The summed E-state index contributed by atoms with van der Waals surface area (Å²) in [6, 6.07) is 8.47. The first-order valence-electron chi connectivity index (χ1n) is 9.13. The second kappa shape index (κ2) is 8.21. The zero-order valence-electron chi connectivity index (χ0n) is 15.8. The van der Waals surface area contributed by atoms with Crippen LogP contribution in [0.2, 0.25) is 5.15 Å². The number of ketones is 1. The Labute approximate surface area is 172 Å². The largest absolute Gasteiger partial charge is 0.481 e. The molecular formula is C20H21ClN3O3S. The Morgan fingerprint density at radius 2 is 2.14 bits per heavy atom. The standard InChI is InChI=1S/C20H21ClN3O3S/c1-13-11-14-12-16(18(25)15-3-4-17(26-2)22-19(15)21)28-20(14)24(13)6-5-23-7-9-27-10-8-23/h4,11-12H,5-10H2,1-2H3. The van der Waals surface area contributed by atoms with Gasteiger partial charge in [0.15, 0.2) is 0 Å². The van der Waals surface area contributed by atoms with Crippen molar-refractivity contribution in [2.75, 3.05) is 40.0 Å². The van der Waals surface area contributed by atoms with Gasteiger partial charge >= 0.3 is 0 Å². The van der Waals surface area contributed by atoms with Gasteiger partial charge in [0.25, 0.3) is 0 Å². The van der Waals surface area contributed by atoms with Crippen LogP contribution in [0.25, 0.3) is 10.2 Å². The summed E-state index contributed by atoms with van der Waals surface area (Å²) < 4.78 is 12.7. The Hall–Kier alpha value is -1.93. The van der Waals surface area contributed by atoms with Gasteiger partial charge < -0.3 is 14.0 Å². The molecule has 0 unspecified atom stereocenters. The molecule has 0 atom stereocenters. The van der Waals surface area contributed by atoms with E-state index in [1.807, 2.05) is 6.07 Å². The highest BCUT2D eigenvalue weighted by Crippen LogP contribution is 2.31. The van der Waals surface area contributed by atoms with E-state index in [-0.39, 0.29) is 16.5 Å². The summed E-state index contributed by atoms with van der Waals surface area (Å²) in [7, 11) is 1.50. The van der Waals surface area contributed by atoms with Crippen molar-refractivity contribution < 1.29 is 14.3 Å². The molecule has 8 heteroatoms. The van der Waals surface area contributed by atoms with E-state index in [1.54, 1.807) is 0 Å². The molecule has 0 aromatic carbocycles.